The Hall–Kier alpha value is -2.15. The van der Waals surface area contributed by atoms with Crippen LogP contribution < -0.4 is 10.6 Å². The lowest BCUT2D eigenvalue weighted by Crippen LogP contribution is -2.30. The summed E-state index contributed by atoms with van der Waals surface area (Å²) in [6.07, 6.45) is -2.82. The van der Waals surface area contributed by atoms with E-state index in [2.05, 4.69) is 15.6 Å². The quantitative estimate of drug-likeness (QED) is 0.842. The Morgan fingerprint density at radius 2 is 1.82 bits per heavy atom. The second kappa shape index (κ2) is 7.22. The molecule has 0 atom stereocenters. The van der Waals surface area contributed by atoms with Gasteiger partial charge >= 0.3 is 6.18 Å². The summed E-state index contributed by atoms with van der Waals surface area (Å²) < 4.78 is 37.2. The highest BCUT2D eigenvalue weighted by molar-refractivity contribution is 7.80. The van der Waals surface area contributed by atoms with E-state index in [1.807, 2.05) is 30.3 Å². The number of pyridine rings is 1. The van der Waals surface area contributed by atoms with E-state index in [1.165, 1.54) is 11.6 Å². The van der Waals surface area contributed by atoms with Crippen molar-refractivity contribution in [2.45, 2.75) is 12.6 Å². The molecule has 0 radical (unpaired) electrons. The number of nitrogens with one attached hydrogen (secondary N) is 2. The fourth-order valence-electron chi connectivity index (χ4n) is 1.76. The molecule has 1 heterocycles. The van der Waals surface area contributed by atoms with E-state index in [1.54, 1.807) is 0 Å². The molecule has 0 aliphatic rings. The van der Waals surface area contributed by atoms with E-state index < -0.39 is 11.7 Å². The van der Waals surface area contributed by atoms with Gasteiger partial charge in [-0.1, -0.05) is 30.3 Å². The number of anilines is 1. The first-order valence-corrected chi connectivity index (χ1v) is 6.98. The molecule has 0 aliphatic carbocycles. The van der Waals surface area contributed by atoms with Crippen molar-refractivity contribution in [1.29, 1.82) is 0 Å². The predicted molar refractivity (Wildman–Crippen MR) is 83.6 cm³/mol. The van der Waals surface area contributed by atoms with Gasteiger partial charge in [-0.05, 0) is 36.3 Å². The SMILES string of the molecule is FC(F)(F)c1ccc(NC(=S)NCCc2ccccc2)nc1. The molecule has 22 heavy (non-hydrogen) atoms. The molecular formula is C15H14F3N3S. The van der Waals surface area contributed by atoms with Gasteiger partial charge in [-0.2, -0.15) is 13.2 Å². The van der Waals surface area contributed by atoms with E-state index in [0.29, 0.717) is 11.7 Å². The lowest BCUT2D eigenvalue weighted by Gasteiger charge is -2.11. The first kappa shape index (κ1) is 16.2. The molecule has 0 bridgehead atoms. The molecule has 2 aromatic rings. The molecule has 0 saturated heterocycles. The summed E-state index contributed by atoms with van der Waals surface area (Å²) in [5.74, 6) is 0.269. The number of halogens is 3. The molecule has 1 aromatic carbocycles. The fraction of sp³-hybridized carbons (Fsp3) is 0.200. The van der Waals surface area contributed by atoms with Crippen LogP contribution in [0.4, 0.5) is 19.0 Å². The molecule has 0 spiro atoms. The van der Waals surface area contributed by atoms with Crippen molar-refractivity contribution in [3.05, 3.63) is 59.8 Å². The van der Waals surface area contributed by atoms with Crippen LogP contribution in [0, 0.1) is 0 Å². The number of thiocarbonyl (C=S) groups is 1. The molecule has 0 unspecified atom stereocenters. The van der Waals surface area contributed by atoms with Crippen LogP contribution in [0.25, 0.3) is 0 Å². The normalized spacial score (nSPS) is 11.0. The monoisotopic (exact) mass is 325 g/mol. The van der Waals surface area contributed by atoms with Crippen molar-refractivity contribution in [2.24, 2.45) is 0 Å². The van der Waals surface area contributed by atoms with Crippen molar-refractivity contribution < 1.29 is 13.2 Å². The van der Waals surface area contributed by atoms with E-state index in [-0.39, 0.29) is 5.82 Å². The van der Waals surface area contributed by atoms with Crippen molar-refractivity contribution in [3.8, 4) is 0 Å². The lowest BCUT2D eigenvalue weighted by molar-refractivity contribution is -0.137. The summed E-state index contributed by atoms with van der Waals surface area (Å²) >= 11 is 5.07. The van der Waals surface area contributed by atoms with Crippen LogP contribution in [0.1, 0.15) is 11.1 Å². The minimum atomic E-state index is -4.39. The maximum Gasteiger partial charge on any atom is 0.417 e. The predicted octanol–water partition coefficient (Wildman–Crippen LogP) is 3.63. The van der Waals surface area contributed by atoms with Crippen LogP contribution >= 0.6 is 12.2 Å². The third kappa shape index (κ3) is 5.00. The molecule has 2 N–H and O–H groups in total. The van der Waals surface area contributed by atoms with Gasteiger partial charge in [0.1, 0.15) is 5.82 Å². The van der Waals surface area contributed by atoms with Crippen molar-refractivity contribution in [2.75, 3.05) is 11.9 Å². The van der Waals surface area contributed by atoms with Gasteiger partial charge in [0.05, 0.1) is 5.56 Å². The zero-order chi connectivity index (χ0) is 16.0. The summed E-state index contributed by atoms with van der Waals surface area (Å²) in [5, 5.41) is 6.05. The summed E-state index contributed by atoms with van der Waals surface area (Å²) in [6.45, 7) is 0.622. The topological polar surface area (TPSA) is 37.0 Å². The van der Waals surface area contributed by atoms with Crippen molar-refractivity contribution in [1.82, 2.24) is 10.3 Å². The van der Waals surface area contributed by atoms with Crippen LogP contribution in [0.2, 0.25) is 0 Å². The average Bonchev–Trinajstić information content (AvgIpc) is 2.48. The standard InChI is InChI=1S/C15H14F3N3S/c16-15(17,18)12-6-7-13(20-10-12)21-14(22)19-9-8-11-4-2-1-3-5-11/h1-7,10H,8-9H2,(H2,19,20,21,22). The smallest absolute Gasteiger partial charge is 0.362 e. The minimum Gasteiger partial charge on any atom is -0.362 e. The third-order valence-electron chi connectivity index (χ3n) is 2.87. The molecular weight excluding hydrogens is 311 g/mol. The first-order valence-electron chi connectivity index (χ1n) is 6.57. The Balaban J connectivity index is 1.79. The number of alkyl halides is 3. The minimum absolute atomic E-state index is 0.269. The van der Waals surface area contributed by atoms with Gasteiger partial charge in [-0.25, -0.2) is 4.98 Å². The number of rotatable bonds is 4. The van der Waals surface area contributed by atoms with Gasteiger partial charge in [0.25, 0.3) is 0 Å². The summed E-state index contributed by atoms with van der Waals surface area (Å²) in [7, 11) is 0. The van der Waals surface area contributed by atoms with E-state index in [0.717, 1.165) is 18.7 Å². The van der Waals surface area contributed by atoms with Crippen LogP contribution in [0.5, 0.6) is 0 Å². The highest BCUT2D eigenvalue weighted by Gasteiger charge is 2.30. The number of aromatic nitrogens is 1. The molecule has 0 fully saturated rings. The Morgan fingerprint density at radius 1 is 1.09 bits per heavy atom. The number of benzene rings is 1. The summed E-state index contributed by atoms with van der Waals surface area (Å²) in [6, 6.07) is 12.1. The summed E-state index contributed by atoms with van der Waals surface area (Å²) in [4.78, 5) is 3.69. The van der Waals surface area contributed by atoms with Crippen molar-refractivity contribution in [3.63, 3.8) is 0 Å². The van der Waals surface area contributed by atoms with Crippen molar-refractivity contribution >= 4 is 23.1 Å². The second-order valence-corrected chi connectivity index (χ2v) is 4.95. The van der Waals surface area contributed by atoms with E-state index >= 15 is 0 Å². The Morgan fingerprint density at radius 3 is 2.41 bits per heavy atom. The van der Waals surface area contributed by atoms with Gasteiger partial charge in [-0.3, -0.25) is 0 Å². The maximum atomic E-state index is 12.4. The van der Waals surface area contributed by atoms with Crippen LogP contribution in [-0.4, -0.2) is 16.6 Å². The molecule has 1 aromatic heterocycles. The van der Waals surface area contributed by atoms with Gasteiger partial charge in [0.2, 0.25) is 0 Å². The van der Waals surface area contributed by atoms with Crippen LogP contribution in [0.15, 0.2) is 48.7 Å². The van der Waals surface area contributed by atoms with E-state index in [9.17, 15) is 13.2 Å². The number of hydrogen-bond acceptors (Lipinski definition) is 2. The highest BCUT2D eigenvalue weighted by atomic mass is 32.1. The average molecular weight is 325 g/mol. The Labute approximate surface area is 131 Å². The Bertz CT molecular complexity index is 612. The molecule has 0 saturated carbocycles. The molecule has 116 valence electrons. The zero-order valence-electron chi connectivity index (χ0n) is 11.5. The number of nitrogens with zero attached hydrogens (tertiary/aromatic N) is 1. The Kier molecular flexibility index (Phi) is 5.32. The van der Waals surface area contributed by atoms with Gasteiger partial charge < -0.3 is 10.6 Å². The summed E-state index contributed by atoms with van der Waals surface area (Å²) in [5.41, 5.74) is 0.381. The van der Waals surface area contributed by atoms with Crippen LogP contribution in [0.3, 0.4) is 0 Å². The van der Waals surface area contributed by atoms with E-state index in [4.69, 9.17) is 12.2 Å². The maximum absolute atomic E-state index is 12.4. The molecule has 7 heteroatoms. The van der Waals surface area contributed by atoms with Gasteiger partial charge in [-0.15, -0.1) is 0 Å². The highest BCUT2D eigenvalue weighted by Crippen LogP contribution is 2.28. The van der Waals surface area contributed by atoms with Gasteiger partial charge in [0, 0.05) is 12.7 Å². The third-order valence-corrected chi connectivity index (χ3v) is 3.12. The molecule has 3 nitrogen and oxygen atoms in total. The fourth-order valence-corrected chi connectivity index (χ4v) is 1.97. The zero-order valence-corrected chi connectivity index (χ0v) is 12.3. The first-order chi connectivity index (χ1) is 10.4. The molecule has 0 amide bonds. The largest absolute Gasteiger partial charge is 0.417 e. The molecule has 2 rings (SSSR count). The van der Waals surface area contributed by atoms with Gasteiger partial charge in [0.15, 0.2) is 5.11 Å². The second-order valence-electron chi connectivity index (χ2n) is 4.55. The lowest BCUT2D eigenvalue weighted by atomic mass is 10.1. The number of hydrogen-bond donors (Lipinski definition) is 2. The van der Waals surface area contributed by atoms with Crippen LogP contribution in [-0.2, 0) is 12.6 Å². The molecule has 0 aliphatic heterocycles.